The molecule has 2 aromatic carbocycles. The summed E-state index contributed by atoms with van der Waals surface area (Å²) < 4.78 is 13.7. The van der Waals surface area contributed by atoms with Crippen LogP contribution in [0.15, 0.2) is 42.5 Å². The van der Waals surface area contributed by atoms with Gasteiger partial charge in [-0.3, -0.25) is 4.79 Å². The molecule has 4 heteroatoms. The molecule has 1 aliphatic heterocycles. The lowest BCUT2D eigenvalue weighted by molar-refractivity contribution is 0.0725. The minimum absolute atomic E-state index is 0.0817. The number of anilines is 1. The molecule has 1 aliphatic rings. The normalized spacial score (nSPS) is 14.2. The summed E-state index contributed by atoms with van der Waals surface area (Å²) in [6.45, 7) is 0.893. The molecule has 0 aromatic heterocycles. The molecular weight excluding hydrogens is 255 g/mol. The molecule has 0 spiro atoms. The van der Waals surface area contributed by atoms with E-state index < -0.39 is 0 Å². The van der Waals surface area contributed by atoms with Crippen LogP contribution in [0.3, 0.4) is 0 Å². The van der Waals surface area contributed by atoms with Crippen molar-refractivity contribution >= 4 is 11.6 Å². The highest BCUT2D eigenvalue weighted by Gasteiger charge is 2.24. The Balaban J connectivity index is 1.87. The largest absolute Gasteiger partial charge is 0.399 e. The van der Waals surface area contributed by atoms with E-state index in [-0.39, 0.29) is 11.7 Å². The number of hydrogen-bond donors (Lipinski definition) is 1. The number of nitrogens with zero attached hydrogens (tertiary/aromatic N) is 1. The van der Waals surface area contributed by atoms with Gasteiger partial charge in [0.2, 0.25) is 0 Å². The highest BCUT2D eigenvalue weighted by Crippen LogP contribution is 2.23. The third-order valence-electron chi connectivity index (χ3n) is 3.62. The summed E-state index contributed by atoms with van der Waals surface area (Å²) in [5, 5.41) is 0. The average Bonchev–Trinajstić information content (AvgIpc) is 2.45. The molecule has 0 aliphatic carbocycles. The summed E-state index contributed by atoms with van der Waals surface area (Å²) in [6, 6.07) is 11.9. The van der Waals surface area contributed by atoms with Crippen molar-refractivity contribution in [1.29, 1.82) is 0 Å². The van der Waals surface area contributed by atoms with E-state index in [1.807, 2.05) is 6.07 Å². The number of fused-ring (bicyclic) bond motifs is 1. The number of hydrogen-bond acceptors (Lipinski definition) is 2. The van der Waals surface area contributed by atoms with Gasteiger partial charge in [0.05, 0.1) is 0 Å². The molecule has 0 unspecified atom stereocenters. The van der Waals surface area contributed by atoms with Crippen LogP contribution in [-0.2, 0) is 13.0 Å². The summed E-state index contributed by atoms with van der Waals surface area (Å²) in [7, 11) is 0. The first-order chi connectivity index (χ1) is 9.65. The van der Waals surface area contributed by atoms with Gasteiger partial charge in [0.25, 0.3) is 5.91 Å². The number of rotatable bonds is 2. The number of benzene rings is 2. The molecule has 0 radical (unpaired) electrons. The first kappa shape index (κ1) is 12.7. The van der Waals surface area contributed by atoms with Crippen LogP contribution in [-0.4, -0.2) is 17.4 Å². The second-order valence-corrected chi connectivity index (χ2v) is 4.98. The summed E-state index contributed by atoms with van der Waals surface area (Å²) in [6.07, 6.45) is 0.774. The Morgan fingerprint density at radius 3 is 2.80 bits per heavy atom. The van der Waals surface area contributed by atoms with Gasteiger partial charge in [0.15, 0.2) is 0 Å². The summed E-state index contributed by atoms with van der Waals surface area (Å²) >= 11 is 0. The average molecular weight is 270 g/mol. The zero-order valence-electron chi connectivity index (χ0n) is 11.0. The third kappa shape index (κ3) is 2.25. The van der Waals surface area contributed by atoms with Crippen LogP contribution in [0.2, 0.25) is 0 Å². The fourth-order valence-electron chi connectivity index (χ4n) is 2.52. The standard InChI is InChI=1S/C16H15FN2O/c17-15-4-2-1-3-12(15)10-19-8-7-11-5-6-13(18)9-14(11)16(19)20/h1-6,9H,7-8,10,18H2. The lowest BCUT2D eigenvalue weighted by atomic mass is 9.98. The molecule has 0 atom stereocenters. The van der Waals surface area contributed by atoms with Crippen LogP contribution in [0.5, 0.6) is 0 Å². The van der Waals surface area contributed by atoms with Crippen LogP contribution in [0.4, 0.5) is 10.1 Å². The van der Waals surface area contributed by atoms with E-state index >= 15 is 0 Å². The lowest BCUT2D eigenvalue weighted by Gasteiger charge is -2.29. The van der Waals surface area contributed by atoms with Gasteiger partial charge < -0.3 is 10.6 Å². The van der Waals surface area contributed by atoms with Gasteiger partial charge in [-0.25, -0.2) is 4.39 Å². The summed E-state index contributed by atoms with van der Waals surface area (Å²) in [5.74, 6) is -0.361. The lowest BCUT2D eigenvalue weighted by Crippen LogP contribution is -2.37. The van der Waals surface area contributed by atoms with Crippen molar-refractivity contribution in [3.63, 3.8) is 0 Å². The monoisotopic (exact) mass is 270 g/mol. The van der Waals surface area contributed by atoms with Crippen LogP contribution < -0.4 is 5.73 Å². The van der Waals surface area contributed by atoms with E-state index in [0.717, 1.165) is 12.0 Å². The maximum atomic E-state index is 13.7. The number of amides is 1. The van der Waals surface area contributed by atoms with Gasteiger partial charge in [-0.05, 0) is 30.2 Å². The Hall–Kier alpha value is -2.36. The number of nitrogen functional groups attached to an aromatic ring is 1. The fourth-order valence-corrected chi connectivity index (χ4v) is 2.52. The van der Waals surface area contributed by atoms with Crippen molar-refractivity contribution in [2.24, 2.45) is 0 Å². The minimum atomic E-state index is -0.279. The quantitative estimate of drug-likeness (QED) is 0.853. The van der Waals surface area contributed by atoms with Gasteiger partial charge in [0.1, 0.15) is 5.82 Å². The van der Waals surface area contributed by atoms with E-state index in [0.29, 0.717) is 29.9 Å². The van der Waals surface area contributed by atoms with Crippen LogP contribution >= 0.6 is 0 Å². The van der Waals surface area contributed by atoms with Crippen LogP contribution in [0.1, 0.15) is 21.5 Å². The van der Waals surface area contributed by atoms with Crippen molar-refractivity contribution in [2.75, 3.05) is 12.3 Å². The van der Waals surface area contributed by atoms with E-state index in [4.69, 9.17) is 5.73 Å². The van der Waals surface area contributed by atoms with E-state index in [2.05, 4.69) is 0 Å². The maximum absolute atomic E-state index is 13.7. The van der Waals surface area contributed by atoms with Crippen molar-refractivity contribution < 1.29 is 9.18 Å². The molecule has 2 N–H and O–H groups in total. The molecule has 3 nitrogen and oxygen atoms in total. The van der Waals surface area contributed by atoms with Gasteiger partial charge in [-0.15, -0.1) is 0 Å². The number of carbonyl (C=O) groups is 1. The zero-order valence-corrected chi connectivity index (χ0v) is 11.0. The first-order valence-corrected chi connectivity index (χ1v) is 6.56. The summed E-state index contributed by atoms with van der Waals surface area (Å²) in [5.41, 5.74) is 8.49. The predicted molar refractivity (Wildman–Crippen MR) is 75.7 cm³/mol. The van der Waals surface area contributed by atoms with Gasteiger partial charge >= 0.3 is 0 Å². The molecule has 102 valence electrons. The number of carbonyl (C=O) groups excluding carboxylic acids is 1. The van der Waals surface area contributed by atoms with Crippen molar-refractivity contribution in [3.05, 3.63) is 65.0 Å². The van der Waals surface area contributed by atoms with E-state index in [1.54, 1.807) is 35.2 Å². The second-order valence-electron chi connectivity index (χ2n) is 4.98. The SMILES string of the molecule is Nc1ccc2c(c1)C(=O)N(Cc1ccccc1F)CC2. The topological polar surface area (TPSA) is 46.3 Å². The Bertz CT molecular complexity index is 669. The van der Waals surface area contributed by atoms with Crippen LogP contribution in [0, 0.1) is 5.82 Å². The number of nitrogens with two attached hydrogens (primary N) is 1. The van der Waals surface area contributed by atoms with Crippen molar-refractivity contribution in [2.45, 2.75) is 13.0 Å². The predicted octanol–water partition coefficient (Wildman–Crippen LogP) is 2.61. The Labute approximate surface area is 116 Å². The number of halogens is 1. The van der Waals surface area contributed by atoms with Crippen molar-refractivity contribution in [1.82, 2.24) is 4.90 Å². The second kappa shape index (κ2) is 4.96. The van der Waals surface area contributed by atoms with Crippen molar-refractivity contribution in [3.8, 4) is 0 Å². The molecule has 20 heavy (non-hydrogen) atoms. The molecule has 3 rings (SSSR count). The zero-order chi connectivity index (χ0) is 14.1. The Morgan fingerprint density at radius 2 is 2.00 bits per heavy atom. The van der Waals surface area contributed by atoms with Gasteiger partial charge in [0, 0.05) is 29.9 Å². The molecule has 1 amide bonds. The highest BCUT2D eigenvalue weighted by molar-refractivity contribution is 5.97. The smallest absolute Gasteiger partial charge is 0.254 e. The third-order valence-corrected chi connectivity index (χ3v) is 3.62. The molecule has 2 aromatic rings. The maximum Gasteiger partial charge on any atom is 0.254 e. The molecule has 0 fully saturated rings. The minimum Gasteiger partial charge on any atom is -0.399 e. The van der Waals surface area contributed by atoms with E-state index in [9.17, 15) is 9.18 Å². The van der Waals surface area contributed by atoms with Gasteiger partial charge in [-0.1, -0.05) is 24.3 Å². The molecule has 0 saturated carbocycles. The molecule has 0 saturated heterocycles. The van der Waals surface area contributed by atoms with Crippen LogP contribution in [0.25, 0.3) is 0 Å². The van der Waals surface area contributed by atoms with Gasteiger partial charge in [-0.2, -0.15) is 0 Å². The molecular formula is C16H15FN2O. The molecule has 0 bridgehead atoms. The Morgan fingerprint density at radius 1 is 1.20 bits per heavy atom. The van der Waals surface area contributed by atoms with E-state index in [1.165, 1.54) is 6.07 Å². The molecule has 1 heterocycles. The Kier molecular flexibility index (Phi) is 3.14. The fraction of sp³-hybridized carbons (Fsp3) is 0.188. The first-order valence-electron chi connectivity index (χ1n) is 6.56. The highest BCUT2D eigenvalue weighted by atomic mass is 19.1. The summed E-state index contributed by atoms with van der Waals surface area (Å²) in [4.78, 5) is 14.1.